The van der Waals surface area contributed by atoms with Gasteiger partial charge in [0.05, 0.1) is 5.69 Å². The zero-order valence-electron chi connectivity index (χ0n) is 14.6. The predicted molar refractivity (Wildman–Crippen MR) is 101 cm³/mol. The van der Waals surface area contributed by atoms with Gasteiger partial charge in [0.2, 0.25) is 0 Å². The van der Waals surface area contributed by atoms with Crippen molar-refractivity contribution in [1.29, 1.82) is 0 Å². The molecule has 1 aromatic carbocycles. The summed E-state index contributed by atoms with van der Waals surface area (Å²) in [4.78, 5) is 17.3. The normalized spacial score (nSPS) is 28.6. The molecule has 25 heavy (non-hydrogen) atoms. The largest absolute Gasteiger partial charge is 0.465 e. The highest BCUT2D eigenvalue weighted by Gasteiger charge is 2.44. The molecule has 0 unspecified atom stereocenters. The van der Waals surface area contributed by atoms with Crippen LogP contribution in [0.3, 0.4) is 0 Å². The standard InChI is InChI=1S/C20H26N2O2S/c23-20(24)21-8-6-17-16(12-21)15-10-14(13-4-1-2-5-13)11-18-19(15)22(17)7-3-9-25-18/h10-11,13,16-17H,1-9,12H2,(H,23,24)/t16-,17-/m0/s1. The van der Waals surface area contributed by atoms with Crippen molar-refractivity contribution in [2.45, 2.75) is 61.3 Å². The molecule has 1 saturated carbocycles. The lowest BCUT2D eigenvalue weighted by molar-refractivity contribution is 0.127. The summed E-state index contributed by atoms with van der Waals surface area (Å²) in [6, 6.07) is 5.44. The Morgan fingerprint density at radius 3 is 2.76 bits per heavy atom. The number of carboxylic acid groups (broad SMARTS) is 1. The SMILES string of the molecule is O=C(O)N1CC[C@H]2[C@@H](C1)c1cc(C3CCCC3)cc3c1N2CCCS3. The van der Waals surface area contributed by atoms with Crippen LogP contribution in [0.25, 0.3) is 0 Å². The quantitative estimate of drug-likeness (QED) is 0.803. The Morgan fingerprint density at radius 1 is 1.12 bits per heavy atom. The van der Waals surface area contributed by atoms with Crippen molar-refractivity contribution in [3.05, 3.63) is 23.3 Å². The molecule has 5 rings (SSSR count). The number of benzene rings is 1. The first-order valence-electron chi connectivity index (χ1n) is 9.77. The Kier molecular flexibility index (Phi) is 3.88. The molecule has 0 radical (unpaired) electrons. The molecule has 1 aromatic rings. The van der Waals surface area contributed by atoms with E-state index in [1.54, 1.807) is 4.90 Å². The van der Waals surface area contributed by atoms with E-state index in [1.807, 2.05) is 11.8 Å². The fourth-order valence-corrected chi connectivity index (χ4v) is 6.58. The van der Waals surface area contributed by atoms with Crippen LogP contribution in [0.15, 0.2) is 17.0 Å². The van der Waals surface area contributed by atoms with Gasteiger partial charge in [-0.2, -0.15) is 0 Å². The van der Waals surface area contributed by atoms with Crippen LogP contribution >= 0.6 is 11.8 Å². The van der Waals surface area contributed by atoms with E-state index in [-0.39, 0.29) is 0 Å². The summed E-state index contributed by atoms with van der Waals surface area (Å²) in [5.74, 6) is 2.28. The zero-order chi connectivity index (χ0) is 17.0. The number of hydrogen-bond donors (Lipinski definition) is 1. The number of amides is 1. The predicted octanol–water partition coefficient (Wildman–Crippen LogP) is 4.50. The molecule has 2 atom stereocenters. The molecule has 0 aromatic heterocycles. The third-order valence-electron chi connectivity index (χ3n) is 6.69. The highest BCUT2D eigenvalue weighted by molar-refractivity contribution is 7.99. The summed E-state index contributed by atoms with van der Waals surface area (Å²) < 4.78 is 0. The molecule has 134 valence electrons. The summed E-state index contributed by atoms with van der Waals surface area (Å²) in [5, 5.41) is 9.48. The Labute approximate surface area is 153 Å². The molecular formula is C20H26N2O2S. The van der Waals surface area contributed by atoms with Gasteiger partial charge in [-0.1, -0.05) is 18.9 Å². The van der Waals surface area contributed by atoms with Gasteiger partial charge in [-0.05, 0) is 54.5 Å². The van der Waals surface area contributed by atoms with Crippen LogP contribution in [0.1, 0.15) is 61.5 Å². The molecule has 4 aliphatic rings. The summed E-state index contributed by atoms with van der Waals surface area (Å²) in [5.41, 5.74) is 4.42. The second-order valence-corrected chi connectivity index (χ2v) is 9.16. The lowest BCUT2D eigenvalue weighted by Gasteiger charge is -2.37. The average molecular weight is 359 g/mol. The average Bonchev–Trinajstić information content (AvgIpc) is 3.19. The minimum atomic E-state index is -0.757. The molecule has 1 saturated heterocycles. The van der Waals surface area contributed by atoms with Crippen LogP contribution in [0.5, 0.6) is 0 Å². The number of hydrogen-bond acceptors (Lipinski definition) is 3. The molecule has 3 aliphatic heterocycles. The molecule has 0 bridgehead atoms. The Hall–Kier alpha value is -1.36. The molecule has 3 heterocycles. The van der Waals surface area contributed by atoms with E-state index in [4.69, 9.17) is 0 Å². The van der Waals surface area contributed by atoms with E-state index in [1.165, 1.54) is 59.6 Å². The number of fused-ring (bicyclic) bond motifs is 3. The number of likely N-dealkylation sites (tertiary alicyclic amines) is 1. The number of rotatable bonds is 1. The first-order chi connectivity index (χ1) is 12.2. The fourth-order valence-electron chi connectivity index (χ4n) is 5.50. The maximum absolute atomic E-state index is 11.5. The van der Waals surface area contributed by atoms with Crippen molar-refractivity contribution in [2.75, 3.05) is 30.3 Å². The van der Waals surface area contributed by atoms with Crippen LogP contribution in [-0.4, -0.2) is 47.5 Å². The first-order valence-corrected chi connectivity index (χ1v) is 10.8. The van der Waals surface area contributed by atoms with E-state index in [0.717, 1.165) is 18.9 Å². The lowest BCUT2D eigenvalue weighted by Crippen LogP contribution is -2.48. The smallest absolute Gasteiger partial charge is 0.407 e. The highest BCUT2D eigenvalue weighted by Crippen LogP contribution is 2.52. The van der Waals surface area contributed by atoms with Gasteiger partial charge >= 0.3 is 6.09 Å². The van der Waals surface area contributed by atoms with Crippen LogP contribution in [0.4, 0.5) is 10.5 Å². The summed E-state index contributed by atoms with van der Waals surface area (Å²) in [6.07, 6.45) is 6.79. The molecule has 0 spiro atoms. The van der Waals surface area contributed by atoms with Gasteiger partial charge in [0, 0.05) is 36.5 Å². The minimum absolute atomic E-state index is 0.360. The van der Waals surface area contributed by atoms with Crippen molar-refractivity contribution in [3.8, 4) is 0 Å². The second kappa shape index (κ2) is 6.11. The lowest BCUT2D eigenvalue weighted by atomic mass is 9.86. The van der Waals surface area contributed by atoms with Crippen LogP contribution < -0.4 is 4.90 Å². The van der Waals surface area contributed by atoms with E-state index in [2.05, 4.69) is 17.0 Å². The number of anilines is 1. The van der Waals surface area contributed by atoms with Crippen molar-refractivity contribution in [2.24, 2.45) is 0 Å². The minimum Gasteiger partial charge on any atom is -0.465 e. The molecule has 4 nitrogen and oxygen atoms in total. The van der Waals surface area contributed by atoms with Crippen molar-refractivity contribution < 1.29 is 9.90 Å². The van der Waals surface area contributed by atoms with Gasteiger partial charge in [-0.25, -0.2) is 4.79 Å². The maximum Gasteiger partial charge on any atom is 0.407 e. The Bertz CT molecular complexity index is 701. The molecule has 1 N–H and O–H groups in total. The summed E-state index contributed by atoms with van der Waals surface area (Å²) in [7, 11) is 0. The zero-order valence-corrected chi connectivity index (χ0v) is 15.4. The van der Waals surface area contributed by atoms with Crippen LogP contribution in [0, 0.1) is 0 Å². The molecular weight excluding hydrogens is 332 g/mol. The highest BCUT2D eigenvalue weighted by atomic mass is 32.2. The molecule has 1 amide bonds. The Morgan fingerprint density at radius 2 is 1.96 bits per heavy atom. The molecule has 5 heteroatoms. The first kappa shape index (κ1) is 15.9. The van der Waals surface area contributed by atoms with Crippen molar-refractivity contribution in [1.82, 2.24) is 4.90 Å². The van der Waals surface area contributed by atoms with Gasteiger partial charge in [-0.3, -0.25) is 0 Å². The monoisotopic (exact) mass is 358 g/mol. The third kappa shape index (κ3) is 2.54. The van der Waals surface area contributed by atoms with E-state index >= 15 is 0 Å². The van der Waals surface area contributed by atoms with Gasteiger partial charge in [0.15, 0.2) is 0 Å². The Balaban J connectivity index is 1.59. The van der Waals surface area contributed by atoms with Gasteiger partial charge < -0.3 is 14.9 Å². The summed E-state index contributed by atoms with van der Waals surface area (Å²) in [6.45, 7) is 2.48. The summed E-state index contributed by atoms with van der Waals surface area (Å²) >= 11 is 2.02. The van der Waals surface area contributed by atoms with Gasteiger partial charge in [0.1, 0.15) is 0 Å². The number of carbonyl (C=O) groups is 1. The number of nitrogens with zero attached hydrogens (tertiary/aromatic N) is 2. The van der Waals surface area contributed by atoms with E-state index in [0.29, 0.717) is 25.0 Å². The van der Waals surface area contributed by atoms with Gasteiger partial charge in [0.25, 0.3) is 0 Å². The van der Waals surface area contributed by atoms with Crippen molar-refractivity contribution >= 4 is 23.5 Å². The van der Waals surface area contributed by atoms with Gasteiger partial charge in [-0.15, -0.1) is 11.8 Å². The number of piperidine rings is 1. The third-order valence-corrected chi connectivity index (χ3v) is 7.80. The van der Waals surface area contributed by atoms with E-state index in [9.17, 15) is 9.90 Å². The maximum atomic E-state index is 11.5. The fraction of sp³-hybridized carbons (Fsp3) is 0.650. The molecule has 1 aliphatic carbocycles. The molecule has 2 fully saturated rings. The van der Waals surface area contributed by atoms with E-state index < -0.39 is 6.09 Å². The van der Waals surface area contributed by atoms with Crippen LogP contribution in [0.2, 0.25) is 0 Å². The second-order valence-electron chi connectivity index (χ2n) is 8.02. The van der Waals surface area contributed by atoms with Crippen molar-refractivity contribution in [3.63, 3.8) is 0 Å². The topological polar surface area (TPSA) is 43.8 Å². The van der Waals surface area contributed by atoms with Crippen LogP contribution in [-0.2, 0) is 0 Å². The number of thioether (sulfide) groups is 1.